The molecule has 0 spiro atoms. The van der Waals surface area contributed by atoms with Crippen LogP contribution in [0.15, 0.2) is 90.0 Å². The summed E-state index contributed by atoms with van der Waals surface area (Å²) in [6, 6.07) is 19.7. The van der Waals surface area contributed by atoms with Gasteiger partial charge in [-0.05, 0) is 30.7 Å². The number of imide groups is 1. The molecular formula is C22H16N2O2. The van der Waals surface area contributed by atoms with Gasteiger partial charge < -0.3 is 0 Å². The Hall–Kier alpha value is -3.71. The third kappa shape index (κ3) is 2.99. The van der Waals surface area contributed by atoms with E-state index in [1.54, 1.807) is 60.7 Å². The number of para-hydroxylation sites is 1. The van der Waals surface area contributed by atoms with Crippen LogP contribution in [0.1, 0.15) is 12.5 Å². The minimum atomic E-state index is -0.611. The highest BCUT2D eigenvalue weighted by atomic mass is 16.2. The summed E-state index contributed by atoms with van der Waals surface area (Å²) in [7, 11) is 0. The monoisotopic (exact) mass is 340 g/mol. The maximum absolute atomic E-state index is 13.1. The van der Waals surface area contributed by atoms with E-state index in [1.807, 2.05) is 31.2 Å². The van der Waals surface area contributed by atoms with Crippen molar-refractivity contribution < 1.29 is 9.59 Å². The van der Waals surface area contributed by atoms with E-state index < -0.39 is 11.8 Å². The van der Waals surface area contributed by atoms with Gasteiger partial charge in [-0.1, -0.05) is 60.7 Å². The lowest BCUT2D eigenvalue weighted by Gasteiger charge is -2.28. The van der Waals surface area contributed by atoms with E-state index in [0.717, 1.165) is 4.90 Å². The summed E-state index contributed by atoms with van der Waals surface area (Å²) in [4.78, 5) is 27.2. The topological polar surface area (TPSA) is 61.2 Å². The molecule has 2 amide bonds. The fourth-order valence-electron chi connectivity index (χ4n) is 2.84. The Morgan fingerprint density at radius 2 is 1.54 bits per heavy atom. The second-order valence-electron chi connectivity index (χ2n) is 5.62. The molecule has 1 aliphatic rings. The SMILES string of the molecule is CC=C/C=C1\C(=O)N(c2ccccc2)C(=O)C(C#N)=C1c1ccccc1. The molecule has 0 aliphatic carbocycles. The van der Waals surface area contributed by atoms with E-state index in [1.165, 1.54) is 0 Å². The van der Waals surface area contributed by atoms with E-state index in [9.17, 15) is 14.9 Å². The van der Waals surface area contributed by atoms with Gasteiger partial charge in [0.05, 0.1) is 5.69 Å². The largest absolute Gasteiger partial charge is 0.276 e. The molecule has 0 bridgehead atoms. The lowest BCUT2D eigenvalue weighted by atomic mass is 9.88. The zero-order valence-corrected chi connectivity index (χ0v) is 14.2. The van der Waals surface area contributed by atoms with Crippen molar-refractivity contribution in [2.45, 2.75) is 6.92 Å². The maximum atomic E-state index is 13.1. The standard InChI is InChI=1S/C22H16N2O2/c1-2-3-14-18-20(16-10-6-4-7-11-16)19(15-23)22(26)24(21(18)25)17-12-8-5-9-13-17/h2-14H,1H3/b3-2?,18-14-. The number of carbonyl (C=O) groups excluding carboxylic acids is 2. The number of amides is 2. The lowest BCUT2D eigenvalue weighted by molar-refractivity contribution is -0.122. The number of nitrogens with zero attached hydrogens (tertiary/aromatic N) is 2. The first-order valence-electron chi connectivity index (χ1n) is 8.16. The predicted molar refractivity (Wildman–Crippen MR) is 101 cm³/mol. The average Bonchev–Trinajstić information content (AvgIpc) is 2.68. The smallest absolute Gasteiger partial charge is 0.268 e. The van der Waals surface area contributed by atoms with Crippen molar-refractivity contribution in [2.24, 2.45) is 0 Å². The number of carbonyl (C=O) groups is 2. The third-order valence-electron chi connectivity index (χ3n) is 4.01. The van der Waals surface area contributed by atoms with E-state index in [-0.39, 0.29) is 5.57 Å². The van der Waals surface area contributed by atoms with E-state index >= 15 is 0 Å². The summed E-state index contributed by atoms with van der Waals surface area (Å²) in [5, 5.41) is 9.68. The van der Waals surface area contributed by atoms with Crippen molar-refractivity contribution >= 4 is 23.1 Å². The molecule has 0 aromatic heterocycles. The molecule has 1 aliphatic heterocycles. The van der Waals surface area contributed by atoms with Crippen molar-refractivity contribution in [3.63, 3.8) is 0 Å². The van der Waals surface area contributed by atoms with Crippen LogP contribution in [0.4, 0.5) is 5.69 Å². The number of benzene rings is 2. The Bertz CT molecular complexity index is 978. The summed E-state index contributed by atoms with van der Waals surface area (Å²) in [6.45, 7) is 1.83. The zero-order valence-electron chi connectivity index (χ0n) is 14.2. The van der Waals surface area contributed by atoms with E-state index in [2.05, 4.69) is 0 Å². The molecule has 0 radical (unpaired) electrons. The van der Waals surface area contributed by atoms with Crippen molar-refractivity contribution in [3.8, 4) is 6.07 Å². The Morgan fingerprint density at radius 1 is 0.923 bits per heavy atom. The summed E-state index contributed by atoms with van der Waals surface area (Å²) in [5.74, 6) is -1.06. The first-order valence-corrected chi connectivity index (χ1v) is 8.16. The van der Waals surface area contributed by atoms with Crippen LogP contribution in [0.3, 0.4) is 0 Å². The van der Waals surface area contributed by atoms with Crippen molar-refractivity contribution in [3.05, 3.63) is 95.6 Å². The first kappa shape index (κ1) is 17.1. The van der Waals surface area contributed by atoms with Crippen LogP contribution >= 0.6 is 0 Å². The first-order chi connectivity index (χ1) is 12.7. The quantitative estimate of drug-likeness (QED) is 0.626. The molecule has 0 atom stereocenters. The van der Waals surface area contributed by atoms with Crippen LogP contribution in [-0.4, -0.2) is 11.8 Å². The van der Waals surface area contributed by atoms with Gasteiger partial charge in [-0.2, -0.15) is 5.26 Å². The Balaban J connectivity index is 2.28. The third-order valence-corrected chi connectivity index (χ3v) is 4.01. The fraction of sp³-hybridized carbons (Fsp3) is 0.0455. The molecular weight excluding hydrogens is 324 g/mol. The lowest BCUT2D eigenvalue weighted by Crippen LogP contribution is -2.42. The summed E-state index contributed by atoms with van der Waals surface area (Å²) < 4.78 is 0. The highest BCUT2D eigenvalue weighted by molar-refractivity contribution is 6.37. The number of allylic oxidation sites excluding steroid dienone is 3. The maximum Gasteiger partial charge on any atom is 0.276 e. The molecule has 126 valence electrons. The number of anilines is 1. The van der Waals surface area contributed by atoms with Crippen LogP contribution in [0, 0.1) is 11.3 Å². The number of hydrogen-bond donors (Lipinski definition) is 0. The molecule has 1 heterocycles. The zero-order chi connectivity index (χ0) is 18.5. The molecule has 0 fully saturated rings. The van der Waals surface area contributed by atoms with Crippen molar-refractivity contribution in [1.29, 1.82) is 5.26 Å². The van der Waals surface area contributed by atoms with Gasteiger partial charge in [-0.15, -0.1) is 0 Å². The Kier molecular flexibility index (Phi) is 4.91. The number of hydrogen-bond acceptors (Lipinski definition) is 3. The minimum Gasteiger partial charge on any atom is -0.268 e. The molecule has 3 rings (SSSR count). The Morgan fingerprint density at radius 3 is 2.12 bits per heavy atom. The van der Waals surface area contributed by atoms with Gasteiger partial charge in [0.15, 0.2) is 0 Å². The Labute approximate surface area is 152 Å². The predicted octanol–water partition coefficient (Wildman–Crippen LogP) is 4.04. The highest BCUT2D eigenvalue weighted by Gasteiger charge is 2.38. The van der Waals surface area contributed by atoms with Crippen LogP contribution in [-0.2, 0) is 9.59 Å². The fourth-order valence-corrected chi connectivity index (χ4v) is 2.84. The minimum absolute atomic E-state index is 0.0459. The highest BCUT2D eigenvalue weighted by Crippen LogP contribution is 2.35. The normalized spacial score (nSPS) is 16.5. The molecule has 4 heteroatoms. The molecule has 26 heavy (non-hydrogen) atoms. The van der Waals surface area contributed by atoms with Gasteiger partial charge in [-0.3, -0.25) is 9.59 Å². The van der Waals surface area contributed by atoms with Gasteiger partial charge in [0.1, 0.15) is 11.6 Å². The second kappa shape index (κ2) is 7.45. The molecule has 0 saturated carbocycles. The number of rotatable bonds is 3. The summed E-state index contributed by atoms with van der Waals surface area (Å²) >= 11 is 0. The summed E-state index contributed by atoms with van der Waals surface area (Å²) in [6.07, 6.45) is 5.16. The van der Waals surface area contributed by atoms with Crippen LogP contribution in [0.5, 0.6) is 0 Å². The molecule has 0 unspecified atom stereocenters. The summed E-state index contributed by atoms with van der Waals surface area (Å²) in [5.41, 5.74) is 1.74. The van der Waals surface area contributed by atoms with Crippen molar-refractivity contribution in [2.75, 3.05) is 4.90 Å². The van der Waals surface area contributed by atoms with E-state index in [4.69, 9.17) is 0 Å². The van der Waals surface area contributed by atoms with Crippen LogP contribution in [0.25, 0.3) is 5.57 Å². The van der Waals surface area contributed by atoms with Gasteiger partial charge >= 0.3 is 0 Å². The van der Waals surface area contributed by atoms with E-state index in [0.29, 0.717) is 22.4 Å². The van der Waals surface area contributed by atoms with Gasteiger partial charge in [0, 0.05) is 11.1 Å². The van der Waals surface area contributed by atoms with Crippen molar-refractivity contribution in [1.82, 2.24) is 0 Å². The second-order valence-corrected chi connectivity index (χ2v) is 5.62. The number of nitriles is 1. The van der Waals surface area contributed by atoms with Gasteiger partial charge in [0.25, 0.3) is 11.8 Å². The molecule has 2 aromatic carbocycles. The molecule has 2 aromatic rings. The average molecular weight is 340 g/mol. The van der Waals surface area contributed by atoms with Gasteiger partial charge in [0.2, 0.25) is 0 Å². The molecule has 0 N–H and O–H groups in total. The molecule has 0 saturated heterocycles. The van der Waals surface area contributed by atoms with Crippen LogP contribution in [0.2, 0.25) is 0 Å². The van der Waals surface area contributed by atoms with Gasteiger partial charge in [-0.25, -0.2) is 4.90 Å². The molecule has 4 nitrogen and oxygen atoms in total. The van der Waals surface area contributed by atoms with Crippen LogP contribution < -0.4 is 4.90 Å².